The molecule has 0 saturated heterocycles. The van der Waals surface area contributed by atoms with E-state index in [-0.39, 0.29) is 6.04 Å². The number of benzene rings is 1. The quantitative estimate of drug-likeness (QED) is 0.879. The fourth-order valence-corrected chi connectivity index (χ4v) is 2.16. The number of rotatable bonds is 5. The summed E-state index contributed by atoms with van der Waals surface area (Å²) in [6.45, 7) is 3.55. The van der Waals surface area contributed by atoms with Crippen LogP contribution in [0.4, 0.5) is 0 Å². The minimum Gasteiger partial charge on any atom is -0.468 e. The lowest BCUT2D eigenvalue weighted by Gasteiger charge is -2.25. The molecule has 0 saturated carbocycles. The highest BCUT2D eigenvalue weighted by molar-refractivity contribution is 5.25. The highest BCUT2D eigenvalue weighted by Gasteiger charge is 2.18. The van der Waals surface area contributed by atoms with E-state index >= 15 is 0 Å². The van der Waals surface area contributed by atoms with Crippen molar-refractivity contribution in [3.63, 3.8) is 0 Å². The number of aryl methyl sites for hydroxylation is 1. The van der Waals surface area contributed by atoms with Gasteiger partial charge in [-0.1, -0.05) is 24.3 Å². The van der Waals surface area contributed by atoms with Gasteiger partial charge in [-0.25, -0.2) is 0 Å². The summed E-state index contributed by atoms with van der Waals surface area (Å²) >= 11 is 0. The molecule has 1 heterocycles. The highest BCUT2D eigenvalue weighted by atomic mass is 16.3. The lowest BCUT2D eigenvalue weighted by Crippen LogP contribution is -2.30. The Balaban J connectivity index is 2.11. The first-order valence-electron chi connectivity index (χ1n) is 6.20. The van der Waals surface area contributed by atoms with Gasteiger partial charge in [0.1, 0.15) is 5.76 Å². The molecule has 0 fully saturated rings. The zero-order valence-electron chi connectivity index (χ0n) is 11.0. The minimum atomic E-state index is 0.125. The number of nitrogens with two attached hydrogens (primary N) is 1. The fourth-order valence-electron chi connectivity index (χ4n) is 2.16. The van der Waals surface area contributed by atoms with Crippen molar-refractivity contribution in [2.75, 3.05) is 13.6 Å². The Morgan fingerprint density at radius 1 is 1.22 bits per heavy atom. The van der Waals surface area contributed by atoms with E-state index in [1.807, 2.05) is 12.1 Å². The first-order chi connectivity index (χ1) is 8.72. The Hall–Kier alpha value is -1.58. The molecule has 1 aromatic heterocycles. The van der Waals surface area contributed by atoms with E-state index in [1.165, 1.54) is 11.1 Å². The summed E-state index contributed by atoms with van der Waals surface area (Å²) in [6, 6.07) is 12.4. The summed E-state index contributed by atoms with van der Waals surface area (Å²) in [5, 5.41) is 0. The van der Waals surface area contributed by atoms with Crippen LogP contribution in [0.5, 0.6) is 0 Å². The van der Waals surface area contributed by atoms with E-state index in [4.69, 9.17) is 10.2 Å². The number of hydrogen-bond acceptors (Lipinski definition) is 3. The molecule has 0 spiro atoms. The lowest BCUT2D eigenvalue weighted by molar-refractivity contribution is 0.212. The third-order valence-corrected chi connectivity index (χ3v) is 3.31. The molecule has 0 radical (unpaired) electrons. The highest BCUT2D eigenvalue weighted by Crippen LogP contribution is 2.21. The van der Waals surface area contributed by atoms with Crippen LogP contribution in [-0.4, -0.2) is 18.5 Å². The average molecular weight is 244 g/mol. The first-order valence-corrected chi connectivity index (χ1v) is 6.20. The average Bonchev–Trinajstić information content (AvgIpc) is 2.87. The third-order valence-electron chi connectivity index (χ3n) is 3.31. The van der Waals surface area contributed by atoms with Crippen LogP contribution in [0.15, 0.2) is 47.1 Å². The smallest absolute Gasteiger partial charge is 0.122 e. The summed E-state index contributed by atoms with van der Waals surface area (Å²) in [5.41, 5.74) is 8.48. The summed E-state index contributed by atoms with van der Waals surface area (Å²) in [7, 11) is 2.08. The van der Waals surface area contributed by atoms with E-state index < -0.39 is 0 Å². The SMILES string of the molecule is Cc1ccccc1CN(C)C(CN)c1ccco1. The topological polar surface area (TPSA) is 42.4 Å². The Morgan fingerprint density at radius 2 is 2.00 bits per heavy atom. The summed E-state index contributed by atoms with van der Waals surface area (Å²) < 4.78 is 5.45. The predicted octanol–water partition coefficient (Wildman–Crippen LogP) is 2.72. The van der Waals surface area contributed by atoms with Gasteiger partial charge in [-0.3, -0.25) is 4.90 Å². The van der Waals surface area contributed by atoms with Gasteiger partial charge in [-0.05, 0) is 37.2 Å². The van der Waals surface area contributed by atoms with Gasteiger partial charge in [0.15, 0.2) is 0 Å². The van der Waals surface area contributed by atoms with Crippen molar-refractivity contribution in [2.24, 2.45) is 5.73 Å². The van der Waals surface area contributed by atoms with Crippen molar-refractivity contribution in [3.8, 4) is 0 Å². The summed E-state index contributed by atoms with van der Waals surface area (Å²) in [6.07, 6.45) is 1.69. The zero-order valence-corrected chi connectivity index (χ0v) is 11.0. The maximum atomic E-state index is 5.85. The Labute approximate surface area is 108 Å². The molecule has 0 aliphatic rings. The second-order valence-corrected chi connectivity index (χ2v) is 4.61. The van der Waals surface area contributed by atoms with Gasteiger partial charge in [0.2, 0.25) is 0 Å². The Morgan fingerprint density at radius 3 is 2.61 bits per heavy atom. The molecule has 18 heavy (non-hydrogen) atoms. The molecule has 2 rings (SSSR count). The molecule has 2 N–H and O–H groups in total. The van der Waals surface area contributed by atoms with Gasteiger partial charge in [-0.15, -0.1) is 0 Å². The zero-order chi connectivity index (χ0) is 13.0. The van der Waals surface area contributed by atoms with Gasteiger partial charge < -0.3 is 10.2 Å². The van der Waals surface area contributed by atoms with E-state index in [0.29, 0.717) is 6.54 Å². The molecule has 0 aliphatic heterocycles. The predicted molar refractivity (Wildman–Crippen MR) is 73.1 cm³/mol. The molecule has 1 aromatic carbocycles. The van der Waals surface area contributed by atoms with Crippen LogP contribution in [0.25, 0.3) is 0 Å². The molecule has 96 valence electrons. The molecular weight excluding hydrogens is 224 g/mol. The van der Waals surface area contributed by atoms with Crippen LogP contribution in [0.3, 0.4) is 0 Å². The molecular formula is C15H20N2O. The summed E-state index contributed by atoms with van der Waals surface area (Å²) in [4.78, 5) is 2.22. The van der Waals surface area contributed by atoms with E-state index in [9.17, 15) is 0 Å². The number of nitrogens with zero attached hydrogens (tertiary/aromatic N) is 1. The Kier molecular flexibility index (Phi) is 4.18. The van der Waals surface area contributed by atoms with Crippen molar-refractivity contribution in [1.82, 2.24) is 4.90 Å². The largest absolute Gasteiger partial charge is 0.468 e. The van der Waals surface area contributed by atoms with Gasteiger partial charge >= 0.3 is 0 Å². The number of hydrogen-bond donors (Lipinski definition) is 1. The Bertz CT molecular complexity index is 479. The molecule has 3 heteroatoms. The van der Waals surface area contributed by atoms with Crippen LogP contribution < -0.4 is 5.73 Å². The molecule has 1 unspecified atom stereocenters. The maximum absolute atomic E-state index is 5.85. The van der Waals surface area contributed by atoms with Crippen molar-refractivity contribution in [2.45, 2.75) is 19.5 Å². The minimum absolute atomic E-state index is 0.125. The van der Waals surface area contributed by atoms with Gasteiger partial charge in [0.05, 0.1) is 12.3 Å². The molecule has 2 aromatic rings. The van der Waals surface area contributed by atoms with Gasteiger partial charge in [0, 0.05) is 13.1 Å². The standard InChI is InChI=1S/C15H20N2O/c1-12-6-3-4-7-13(12)11-17(2)14(10-16)15-8-5-9-18-15/h3-9,14H,10-11,16H2,1-2H3. The molecule has 0 bridgehead atoms. The second-order valence-electron chi connectivity index (χ2n) is 4.61. The van der Waals surface area contributed by atoms with Crippen LogP contribution in [-0.2, 0) is 6.54 Å². The van der Waals surface area contributed by atoms with Crippen molar-refractivity contribution < 1.29 is 4.42 Å². The van der Waals surface area contributed by atoms with Crippen molar-refractivity contribution in [3.05, 3.63) is 59.5 Å². The van der Waals surface area contributed by atoms with Gasteiger partial charge in [-0.2, -0.15) is 0 Å². The van der Waals surface area contributed by atoms with Crippen LogP contribution in [0.1, 0.15) is 22.9 Å². The summed E-state index contributed by atoms with van der Waals surface area (Å²) in [5.74, 6) is 0.925. The van der Waals surface area contributed by atoms with Crippen LogP contribution in [0, 0.1) is 6.92 Å². The molecule has 1 atom stereocenters. The van der Waals surface area contributed by atoms with Crippen LogP contribution in [0.2, 0.25) is 0 Å². The van der Waals surface area contributed by atoms with Crippen molar-refractivity contribution >= 4 is 0 Å². The number of likely N-dealkylation sites (N-methyl/N-ethyl adjacent to an activating group) is 1. The second kappa shape index (κ2) is 5.85. The fraction of sp³-hybridized carbons (Fsp3) is 0.333. The van der Waals surface area contributed by atoms with Crippen LogP contribution >= 0.6 is 0 Å². The lowest BCUT2D eigenvalue weighted by atomic mass is 10.1. The van der Waals surface area contributed by atoms with E-state index in [0.717, 1.165) is 12.3 Å². The molecule has 3 nitrogen and oxygen atoms in total. The third kappa shape index (κ3) is 2.81. The van der Waals surface area contributed by atoms with Crippen molar-refractivity contribution in [1.29, 1.82) is 0 Å². The molecule has 0 amide bonds. The van der Waals surface area contributed by atoms with E-state index in [2.05, 4.69) is 43.1 Å². The monoisotopic (exact) mass is 244 g/mol. The maximum Gasteiger partial charge on any atom is 0.122 e. The van der Waals surface area contributed by atoms with Gasteiger partial charge in [0.25, 0.3) is 0 Å². The molecule has 0 aliphatic carbocycles. The van der Waals surface area contributed by atoms with E-state index in [1.54, 1.807) is 6.26 Å². The first kappa shape index (κ1) is 12.9. The normalized spacial score (nSPS) is 12.9. The number of furan rings is 1.